The molecule has 0 heterocycles. The van der Waals surface area contributed by atoms with Crippen LogP contribution in [0, 0.1) is 0 Å². The molecule has 2 amide bonds. The highest BCUT2D eigenvalue weighted by atomic mass is 35.5. The van der Waals surface area contributed by atoms with E-state index < -0.39 is 34.8 Å². The number of hydrogen-bond donors (Lipinski definition) is 3. The normalized spacial score (nSPS) is 12.2. The van der Waals surface area contributed by atoms with Crippen LogP contribution in [-0.2, 0) is 20.6 Å². The van der Waals surface area contributed by atoms with Gasteiger partial charge >= 0.3 is 12.1 Å². The van der Waals surface area contributed by atoms with E-state index in [0.717, 1.165) is 30.0 Å². The first kappa shape index (κ1) is 24.5. The predicted octanol–water partition coefficient (Wildman–Crippen LogP) is 5.28. The van der Waals surface area contributed by atoms with Gasteiger partial charge < -0.3 is 15.7 Å². The molecule has 0 spiro atoms. The van der Waals surface area contributed by atoms with Crippen LogP contribution >= 0.6 is 23.4 Å². The average molecular weight is 475 g/mol. The van der Waals surface area contributed by atoms with Gasteiger partial charge in [-0.15, -0.1) is 11.8 Å². The molecule has 31 heavy (non-hydrogen) atoms. The maximum Gasteiger partial charge on any atom is 0.416 e. The van der Waals surface area contributed by atoms with E-state index in [-0.39, 0.29) is 23.6 Å². The van der Waals surface area contributed by atoms with Gasteiger partial charge in [0.1, 0.15) is 0 Å². The van der Waals surface area contributed by atoms with Gasteiger partial charge in [-0.05, 0) is 43.3 Å². The van der Waals surface area contributed by atoms with Gasteiger partial charge in [-0.25, -0.2) is 0 Å². The Labute approximate surface area is 185 Å². The van der Waals surface area contributed by atoms with Crippen LogP contribution in [0.15, 0.2) is 47.4 Å². The number of hydrogen-bond acceptors (Lipinski definition) is 4. The molecule has 11 heteroatoms. The molecule has 2 aromatic carbocycles. The third kappa shape index (κ3) is 7.80. The summed E-state index contributed by atoms with van der Waals surface area (Å²) in [6, 6.07) is 9.20. The molecular formula is C20H18ClF3N2O4S. The SMILES string of the molecule is CC(Sc1cccc(NC(=O)CCC(=O)O)c1)C(=O)Nc1cc(C(F)(F)F)ccc1Cl. The van der Waals surface area contributed by atoms with Crippen molar-refractivity contribution in [2.24, 2.45) is 0 Å². The molecule has 0 fully saturated rings. The van der Waals surface area contributed by atoms with Crippen LogP contribution in [0.1, 0.15) is 25.3 Å². The minimum Gasteiger partial charge on any atom is -0.481 e. The van der Waals surface area contributed by atoms with E-state index >= 15 is 0 Å². The van der Waals surface area contributed by atoms with Gasteiger partial charge in [-0.1, -0.05) is 17.7 Å². The van der Waals surface area contributed by atoms with Crippen LogP contribution in [-0.4, -0.2) is 28.1 Å². The molecule has 2 rings (SSSR count). The first-order valence-electron chi connectivity index (χ1n) is 8.91. The zero-order valence-corrected chi connectivity index (χ0v) is 17.7. The van der Waals surface area contributed by atoms with Crippen LogP contribution in [0.3, 0.4) is 0 Å². The summed E-state index contributed by atoms with van der Waals surface area (Å²) in [6.07, 6.45) is -5.04. The van der Waals surface area contributed by atoms with Crippen molar-refractivity contribution < 1.29 is 32.7 Å². The number of alkyl halides is 3. The van der Waals surface area contributed by atoms with E-state index in [1.54, 1.807) is 31.2 Å². The maximum absolute atomic E-state index is 12.9. The molecule has 2 aromatic rings. The van der Waals surface area contributed by atoms with Crippen molar-refractivity contribution in [3.8, 4) is 0 Å². The molecule has 0 saturated carbocycles. The lowest BCUT2D eigenvalue weighted by Crippen LogP contribution is -2.23. The molecule has 166 valence electrons. The van der Waals surface area contributed by atoms with Gasteiger partial charge in [0.15, 0.2) is 0 Å². The lowest BCUT2D eigenvalue weighted by atomic mass is 10.2. The lowest BCUT2D eigenvalue weighted by Gasteiger charge is -2.15. The molecule has 1 unspecified atom stereocenters. The number of amides is 2. The van der Waals surface area contributed by atoms with Crippen molar-refractivity contribution in [2.75, 3.05) is 10.6 Å². The number of anilines is 2. The first-order chi connectivity index (χ1) is 14.5. The Bertz CT molecular complexity index is 985. The van der Waals surface area contributed by atoms with Crippen molar-refractivity contribution in [3.63, 3.8) is 0 Å². The number of rotatable bonds is 8. The maximum atomic E-state index is 12.9. The second-order valence-electron chi connectivity index (χ2n) is 6.41. The quantitative estimate of drug-likeness (QED) is 0.452. The molecule has 1 atom stereocenters. The summed E-state index contributed by atoms with van der Waals surface area (Å²) in [5.74, 6) is -2.10. The van der Waals surface area contributed by atoms with E-state index in [2.05, 4.69) is 10.6 Å². The number of carbonyl (C=O) groups is 3. The minimum atomic E-state index is -4.57. The number of thioether (sulfide) groups is 1. The number of halogens is 4. The number of carboxylic acid groups (broad SMARTS) is 1. The second-order valence-corrected chi connectivity index (χ2v) is 8.23. The zero-order chi connectivity index (χ0) is 23.2. The summed E-state index contributed by atoms with van der Waals surface area (Å²) < 4.78 is 38.6. The van der Waals surface area contributed by atoms with Crippen LogP contribution in [0.4, 0.5) is 24.5 Å². The van der Waals surface area contributed by atoms with Gasteiger partial charge in [-0.3, -0.25) is 14.4 Å². The molecule has 3 N–H and O–H groups in total. The fourth-order valence-corrected chi connectivity index (χ4v) is 3.47. The number of benzene rings is 2. The molecule has 0 aliphatic heterocycles. The highest BCUT2D eigenvalue weighted by molar-refractivity contribution is 8.00. The van der Waals surface area contributed by atoms with E-state index in [9.17, 15) is 27.6 Å². The van der Waals surface area contributed by atoms with Crippen molar-refractivity contribution >= 4 is 52.5 Å². The molecule has 0 bridgehead atoms. The summed E-state index contributed by atoms with van der Waals surface area (Å²) in [5, 5.41) is 12.9. The predicted molar refractivity (Wildman–Crippen MR) is 112 cm³/mol. The van der Waals surface area contributed by atoms with Crippen molar-refractivity contribution in [1.82, 2.24) is 0 Å². The Morgan fingerprint density at radius 1 is 1.10 bits per heavy atom. The fourth-order valence-electron chi connectivity index (χ4n) is 2.38. The standard InChI is InChI=1S/C20H18ClF3N2O4S/c1-11(19(30)26-16-9-12(20(22,23)24)5-6-15(16)21)31-14-4-2-3-13(10-14)25-17(27)7-8-18(28)29/h2-6,9-11H,7-8H2,1H3,(H,25,27)(H,26,30)(H,28,29). The van der Waals surface area contributed by atoms with Crippen LogP contribution < -0.4 is 10.6 Å². The summed E-state index contributed by atoms with van der Waals surface area (Å²) >= 11 is 7.03. The Hall–Kier alpha value is -2.72. The third-order valence-corrected chi connectivity index (χ3v) is 5.34. The van der Waals surface area contributed by atoms with E-state index in [1.165, 1.54) is 0 Å². The largest absolute Gasteiger partial charge is 0.481 e. The number of nitrogens with one attached hydrogen (secondary N) is 2. The summed E-state index contributed by atoms with van der Waals surface area (Å²) in [6.45, 7) is 1.57. The van der Waals surface area contributed by atoms with Gasteiger partial charge in [0.05, 0.1) is 27.9 Å². The Balaban J connectivity index is 2.02. The molecule has 0 aromatic heterocycles. The Morgan fingerprint density at radius 3 is 2.45 bits per heavy atom. The fraction of sp³-hybridized carbons (Fsp3) is 0.250. The van der Waals surface area contributed by atoms with E-state index in [1.807, 2.05) is 0 Å². The Morgan fingerprint density at radius 2 is 1.81 bits per heavy atom. The van der Waals surface area contributed by atoms with Gasteiger partial charge in [-0.2, -0.15) is 13.2 Å². The van der Waals surface area contributed by atoms with E-state index in [4.69, 9.17) is 16.7 Å². The second kappa shape index (κ2) is 10.5. The van der Waals surface area contributed by atoms with Crippen LogP contribution in [0.5, 0.6) is 0 Å². The number of carboxylic acids is 1. The number of carbonyl (C=O) groups excluding carboxylic acids is 2. The molecular weight excluding hydrogens is 457 g/mol. The summed E-state index contributed by atoms with van der Waals surface area (Å²) in [7, 11) is 0. The van der Waals surface area contributed by atoms with Crippen molar-refractivity contribution in [2.45, 2.75) is 36.1 Å². The van der Waals surface area contributed by atoms with E-state index in [0.29, 0.717) is 10.6 Å². The monoisotopic (exact) mass is 474 g/mol. The molecule has 0 aliphatic rings. The highest BCUT2D eigenvalue weighted by Crippen LogP contribution is 2.34. The van der Waals surface area contributed by atoms with Gasteiger partial charge in [0.2, 0.25) is 11.8 Å². The van der Waals surface area contributed by atoms with Crippen molar-refractivity contribution in [3.05, 3.63) is 53.1 Å². The topological polar surface area (TPSA) is 95.5 Å². The minimum absolute atomic E-state index is 0.0235. The number of aliphatic carboxylic acids is 1. The lowest BCUT2D eigenvalue weighted by molar-refractivity contribution is -0.138. The molecule has 6 nitrogen and oxygen atoms in total. The van der Waals surface area contributed by atoms with Gasteiger partial charge in [0.25, 0.3) is 0 Å². The summed E-state index contributed by atoms with van der Waals surface area (Å²) in [5.41, 5.74) is -0.652. The Kier molecular flexibility index (Phi) is 8.35. The molecule has 0 radical (unpaired) electrons. The highest BCUT2D eigenvalue weighted by Gasteiger charge is 2.31. The van der Waals surface area contributed by atoms with Gasteiger partial charge in [0, 0.05) is 17.0 Å². The van der Waals surface area contributed by atoms with Crippen LogP contribution in [0.25, 0.3) is 0 Å². The zero-order valence-electron chi connectivity index (χ0n) is 16.1. The molecule has 0 aliphatic carbocycles. The van der Waals surface area contributed by atoms with Crippen LogP contribution in [0.2, 0.25) is 5.02 Å². The molecule has 0 saturated heterocycles. The smallest absolute Gasteiger partial charge is 0.416 e. The first-order valence-corrected chi connectivity index (χ1v) is 10.2. The third-order valence-electron chi connectivity index (χ3n) is 3.92. The summed E-state index contributed by atoms with van der Waals surface area (Å²) in [4.78, 5) is 35.3. The van der Waals surface area contributed by atoms with Crippen molar-refractivity contribution in [1.29, 1.82) is 0 Å². The average Bonchev–Trinajstić information content (AvgIpc) is 2.67.